The van der Waals surface area contributed by atoms with E-state index in [-0.39, 0.29) is 5.69 Å². The fourth-order valence-corrected chi connectivity index (χ4v) is 3.73. The van der Waals surface area contributed by atoms with Gasteiger partial charge in [-0.2, -0.15) is 0 Å². The van der Waals surface area contributed by atoms with Crippen molar-refractivity contribution in [3.63, 3.8) is 0 Å². The van der Waals surface area contributed by atoms with E-state index in [1.165, 1.54) is 0 Å². The molecule has 0 spiro atoms. The van der Waals surface area contributed by atoms with Gasteiger partial charge in [-0.15, -0.1) is 0 Å². The first-order valence-electron chi connectivity index (χ1n) is 8.98. The van der Waals surface area contributed by atoms with Crippen LogP contribution in [-0.4, -0.2) is 22.1 Å². The van der Waals surface area contributed by atoms with Crippen LogP contribution in [0.2, 0.25) is 0 Å². The highest BCUT2D eigenvalue weighted by molar-refractivity contribution is 6.00. The first-order chi connectivity index (χ1) is 13.7. The number of nitrogens with one attached hydrogen (secondary N) is 2. The van der Waals surface area contributed by atoms with Crippen molar-refractivity contribution < 1.29 is 4.74 Å². The van der Waals surface area contributed by atoms with Gasteiger partial charge in [0.25, 0.3) is 0 Å². The van der Waals surface area contributed by atoms with Gasteiger partial charge in [0.05, 0.1) is 23.7 Å². The minimum Gasteiger partial charge on any atom is -0.496 e. The molecule has 0 aliphatic carbocycles. The Balaban J connectivity index is 1.83. The van der Waals surface area contributed by atoms with Gasteiger partial charge >= 0.3 is 5.69 Å². The molecule has 0 bridgehead atoms. The van der Waals surface area contributed by atoms with Crippen LogP contribution < -0.4 is 10.4 Å². The Morgan fingerprint density at radius 3 is 2.54 bits per heavy atom. The molecule has 5 heteroatoms. The molecular weight excluding hydrogens is 350 g/mol. The molecular formula is C23H17N3O2. The highest BCUT2D eigenvalue weighted by Gasteiger charge is 2.16. The summed E-state index contributed by atoms with van der Waals surface area (Å²) in [5, 5.41) is 1.08. The Hall–Kier alpha value is -3.86. The van der Waals surface area contributed by atoms with E-state index < -0.39 is 0 Å². The largest absolute Gasteiger partial charge is 0.496 e. The number of rotatable bonds is 3. The number of benzene rings is 3. The predicted molar refractivity (Wildman–Crippen MR) is 112 cm³/mol. The van der Waals surface area contributed by atoms with E-state index in [9.17, 15) is 4.79 Å². The second-order valence-electron chi connectivity index (χ2n) is 6.60. The van der Waals surface area contributed by atoms with Crippen LogP contribution in [0.1, 0.15) is 0 Å². The Bertz CT molecular complexity index is 1380. The molecule has 5 nitrogen and oxygen atoms in total. The van der Waals surface area contributed by atoms with Gasteiger partial charge in [0.15, 0.2) is 0 Å². The van der Waals surface area contributed by atoms with Gasteiger partial charge in [0.1, 0.15) is 5.75 Å². The average Bonchev–Trinajstić information content (AvgIpc) is 3.12. The molecule has 0 saturated carbocycles. The molecule has 0 radical (unpaired) electrons. The van der Waals surface area contributed by atoms with Crippen molar-refractivity contribution in [3.05, 3.63) is 83.4 Å². The predicted octanol–water partition coefficient (Wildman–Crippen LogP) is 4.75. The SMILES string of the molecule is COc1cccc(-c2cccc3cccnc23)c1-c1ccc2[nH]c(=O)[nH]c2c1. The van der Waals surface area contributed by atoms with Gasteiger partial charge in [0.2, 0.25) is 0 Å². The summed E-state index contributed by atoms with van der Waals surface area (Å²) in [6.07, 6.45) is 1.81. The van der Waals surface area contributed by atoms with Crippen molar-refractivity contribution in [1.82, 2.24) is 15.0 Å². The zero-order valence-electron chi connectivity index (χ0n) is 15.2. The molecule has 0 aliphatic heterocycles. The number of hydrogen-bond donors (Lipinski definition) is 2. The van der Waals surface area contributed by atoms with Gasteiger partial charge in [-0.1, -0.05) is 42.5 Å². The zero-order chi connectivity index (χ0) is 19.1. The second kappa shape index (κ2) is 6.39. The monoisotopic (exact) mass is 367 g/mol. The molecule has 0 amide bonds. The van der Waals surface area contributed by atoms with Gasteiger partial charge in [0, 0.05) is 22.7 Å². The molecule has 0 saturated heterocycles. The molecule has 0 fully saturated rings. The number of ether oxygens (including phenoxy) is 1. The number of methoxy groups -OCH3 is 1. The maximum atomic E-state index is 11.7. The number of aromatic nitrogens is 3. The average molecular weight is 367 g/mol. The van der Waals surface area contributed by atoms with E-state index in [4.69, 9.17) is 4.74 Å². The summed E-state index contributed by atoms with van der Waals surface area (Å²) in [7, 11) is 1.67. The van der Waals surface area contributed by atoms with Gasteiger partial charge < -0.3 is 14.7 Å². The normalized spacial score (nSPS) is 11.2. The third-order valence-electron chi connectivity index (χ3n) is 4.97. The van der Waals surface area contributed by atoms with E-state index in [0.29, 0.717) is 0 Å². The number of para-hydroxylation sites is 1. The smallest absolute Gasteiger partial charge is 0.323 e. The third-order valence-corrected chi connectivity index (χ3v) is 4.97. The molecule has 3 aromatic carbocycles. The lowest BCUT2D eigenvalue weighted by molar-refractivity contribution is 0.416. The fourth-order valence-electron chi connectivity index (χ4n) is 3.73. The van der Waals surface area contributed by atoms with Crippen LogP contribution in [-0.2, 0) is 0 Å². The Kier molecular flexibility index (Phi) is 3.72. The first kappa shape index (κ1) is 16.3. The van der Waals surface area contributed by atoms with Gasteiger partial charge in [-0.3, -0.25) is 4.98 Å². The van der Waals surface area contributed by atoms with E-state index in [1.807, 2.05) is 48.7 Å². The number of H-pyrrole nitrogens is 2. The summed E-state index contributed by atoms with van der Waals surface area (Å²) in [5.41, 5.74) is 6.25. The molecule has 5 rings (SSSR count). The van der Waals surface area contributed by atoms with Crippen LogP contribution in [0.25, 0.3) is 44.2 Å². The first-order valence-corrected chi connectivity index (χ1v) is 8.98. The van der Waals surface area contributed by atoms with Crippen LogP contribution in [0.15, 0.2) is 77.7 Å². The third kappa shape index (κ3) is 2.56. The van der Waals surface area contributed by atoms with Crippen molar-refractivity contribution >= 4 is 21.9 Å². The van der Waals surface area contributed by atoms with Crippen LogP contribution in [0.4, 0.5) is 0 Å². The van der Waals surface area contributed by atoms with Crippen molar-refractivity contribution in [2.45, 2.75) is 0 Å². The highest BCUT2D eigenvalue weighted by atomic mass is 16.5. The number of nitrogens with zero attached hydrogens (tertiary/aromatic N) is 1. The van der Waals surface area contributed by atoms with E-state index in [0.717, 1.165) is 49.9 Å². The van der Waals surface area contributed by atoms with Crippen molar-refractivity contribution in [2.75, 3.05) is 7.11 Å². The number of imidazole rings is 1. The summed E-state index contributed by atoms with van der Waals surface area (Å²) >= 11 is 0. The van der Waals surface area contributed by atoms with Gasteiger partial charge in [-0.25, -0.2) is 4.79 Å². The number of pyridine rings is 1. The Labute approximate surface area is 160 Å². The van der Waals surface area contributed by atoms with Gasteiger partial charge in [-0.05, 0) is 35.4 Å². The summed E-state index contributed by atoms with van der Waals surface area (Å²) in [5.74, 6) is 0.766. The second-order valence-corrected chi connectivity index (χ2v) is 6.60. The minimum absolute atomic E-state index is 0.217. The molecule has 0 unspecified atom stereocenters. The molecule has 5 aromatic rings. The minimum atomic E-state index is -0.217. The maximum absolute atomic E-state index is 11.7. The van der Waals surface area contributed by atoms with Crippen LogP contribution in [0.5, 0.6) is 5.75 Å². The van der Waals surface area contributed by atoms with Crippen LogP contribution in [0, 0.1) is 0 Å². The molecule has 2 heterocycles. The summed E-state index contributed by atoms with van der Waals surface area (Å²) < 4.78 is 5.69. The lowest BCUT2D eigenvalue weighted by Crippen LogP contribution is -1.99. The maximum Gasteiger partial charge on any atom is 0.323 e. The number of hydrogen-bond acceptors (Lipinski definition) is 3. The molecule has 0 aliphatic rings. The van der Waals surface area contributed by atoms with Crippen molar-refractivity contribution in [1.29, 1.82) is 0 Å². The summed E-state index contributed by atoms with van der Waals surface area (Å²) in [6, 6.07) is 22.0. The van der Waals surface area contributed by atoms with E-state index in [2.05, 4.69) is 39.2 Å². The van der Waals surface area contributed by atoms with Crippen molar-refractivity contribution in [2.24, 2.45) is 0 Å². The summed E-state index contributed by atoms with van der Waals surface area (Å²) in [6.45, 7) is 0. The summed E-state index contributed by atoms with van der Waals surface area (Å²) in [4.78, 5) is 21.9. The molecule has 28 heavy (non-hydrogen) atoms. The van der Waals surface area contributed by atoms with E-state index >= 15 is 0 Å². The topological polar surface area (TPSA) is 70.8 Å². The molecule has 136 valence electrons. The number of aromatic amines is 2. The standard InChI is InChI=1S/C23H17N3O2/c1-28-20-9-3-7-16(17-8-2-5-14-6-4-12-24-22(14)17)21(20)15-10-11-18-19(13-15)26-23(27)25-18/h2-13H,1H3,(H2,25,26,27). The highest BCUT2D eigenvalue weighted by Crippen LogP contribution is 2.41. The lowest BCUT2D eigenvalue weighted by atomic mass is 9.92. The molecule has 2 N–H and O–H groups in total. The Morgan fingerprint density at radius 1 is 0.857 bits per heavy atom. The molecule has 0 atom stereocenters. The fraction of sp³-hybridized carbons (Fsp3) is 0.0435. The molecule has 2 aromatic heterocycles. The van der Waals surface area contributed by atoms with Crippen molar-refractivity contribution in [3.8, 4) is 28.0 Å². The van der Waals surface area contributed by atoms with Crippen LogP contribution in [0.3, 0.4) is 0 Å². The quantitative estimate of drug-likeness (QED) is 0.483. The lowest BCUT2D eigenvalue weighted by Gasteiger charge is -2.16. The Morgan fingerprint density at radius 2 is 1.64 bits per heavy atom. The zero-order valence-corrected chi connectivity index (χ0v) is 15.2. The number of fused-ring (bicyclic) bond motifs is 2. The van der Waals surface area contributed by atoms with E-state index in [1.54, 1.807) is 7.11 Å². The van der Waals surface area contributed by atoms with Crippen LogP contribution >= 0.6 is 0 Å².